The number of amides is 2. The molecule has 10 heteroatoms. The highest BCUT2D eigenvalue weighted by atomic mass is 32.1. The van der Waals surface area contributed by atoms with Crippen molar-refractivity contribution in [3.63, 3.8) is 0 Å². The zero-order valence-electron chi connectivity index (χ0n) is 21.6. The zero-order chi connectivity index (χ0) is 26.7. The maximum atomic E-state index is 12.9. The Morgan fingerprint density at radius 2 is 1.84 bits per heavy atom. The van der Waals surface area contributed by atoms with E-state index in [9.17, 15) is 9.59 Å². The molecule has 4 heterocycles. The van der Waals surface area contributed by atoms with Crippen LogP contribution in [0.3, 0.4) is 0 Å². The summed E-state index contributed by atoms with van der Waals surface area (Å²) in [4.78, 5) is 36.0. The topological polar surface area (TPSA) is 137 Å². The number of aromatic nitrogens is 4. The standard InChI is InChI=1S/C27H30N6O3S/c1-14(2)12-19-22(25(28)34)24(20-10-11-21(37-20)26(35)29-5)23(27-33-32-16(4)36-27)18(31-19)9-8-17-7-6-15(3)13-30-17/h6-7,10-11,13-14H,8-9,12H2,1-5H3,(H2,28,34)(H,29,35). The number of carbonyl (C=O) groups is 2. The van der Waals surface area contributed by atoms with Gasteiger partial charge in [-0.1, -0.05) is 19.9 Å². The fourth-order valence-corrected chi connectivity index (χ4v) is 5.16. The molecule has 37 heavy (non-hydrogen) atoms. The van der Waals surface area contributed by atoms with Crippen molar-refractivity contribution in [2.75, 3.05) is 7.05 Å². The van der Waals surface area contributed by atoms with E-state index in [-0.39, 0.29) is 17.7 Å². The molecule has 4 aromatic rings. The average Bonchev–Trinajstić information content (AvgIpc) is 3.51. The van der Waals surface area contributed by atoms with E-state index >= 15 is 0 Å². The maximum absolute atomic E-state index is 12.9. The lowest BCUT2D eigenvalue weighted by Crippen LogP contribution is -2.20. The minimum Gasteiger partial charge on any atom is -0.421 e. The number of nitrogens with zero attached hydrogens (tertiary/aromatic N) is 4. The van der Waals surface area contributed by atoms with E-state index < -0.39 is 5.91 Å². The van der Waals surface area contributed by atoms with Gasteiger partial charge in [0, 0.05) is 36.3 Å². The Labute approximate surface area is 219 Å². The zero-order valence-corrected chi connectivity index (χ0v) is 22.4. The second-order valence-electron chi connectivity index (χ2n) is 9.29. The predicted octanol–water partition coefficient (Wildman–Crippen LogP) is 4.31. The molecule has 2 amide bonds. The number of nitrogens with two attached hydrogens (primary N) is 1. The summed E-state index contributed by atoms with van der Waals surface area (Å²) in [6.07, 6.45) is 3.54. The molecule has 0 aliphatic rings. The van der Waals surface area contributed by atoms with Crippen molar-refractivity contribution in [2.24, 2.45) is 11.7 Å². The molecule has 0 saturated carbocycles. The molecule has 0 bridgehead atoms. The summed E-state index contributed by atoms with van der Waals surface area (Å²) in [6, 6.07) is 7.56. The third-order valence-electron chi connectivity index (χ3n) is 5.83. The first-order valence-electron chi connectivity index (χ1n) is 12.1. The summed E-state index contributed by atoms with van der Waals surface area (Å²) < 4.78 is 5.87. The van der Waals surface area contributed by atoms with Crippen LogP contribution in [0.1, 0.15) is 62.4 Å². The number of rotatable bonds is 9. The van der Waals surface area contributed by atoms with Gasteiger partial charge in [0.1, 0.15) is 0 Å². The molecule has 0 saturated heterocycles. The van der Waals surface area contributed by atoms with Gasteiger partial charge in [0.15, 0.2) is 0 Å². The largest absolute Gasteiger partial charge is 0.421 e. The van der Waals surface area contributed by atoms with Crippen LogP contribution in [0.5, 0.6) is 0 Å². The van der Waals surface area contributed by atoms with Crippen LogP contribution in [0, 0.1) is 19.8 Å². The lowest BCUT2D eigenvalue weighted by molar-refractivity contribution is 0.0965. The minimum absolute atomic E-state index is 0.214. The monoisotopic (exact) mass is 518 g/mol. The van der Waals surface area contributed by atoms with Crippen LogP contribution in [0.4, 0.5) is 0 Å². The highest BCUT2D eigenvalue weighted by Gasteiger charge is 2.29. The van der Waals surface area contributed by atoms with Crippen LogP contribution in [-0.2, 0) is 19.3 Å². The van der Waals surface area contributed by atoms with Gasteiger partial charge in [-0.3, -0.25) is 19.6 Å². The van der Waals surface area contributed by atoms with Crippen LogP contribution >= 0.6 is 11.3 Å². The normalized spacial score (nSPS) is 11.2. The Hall–Kier alpha value is -3.92. The Morgan fingerprint density at radius 1 is 1.05 bits per heavy atom. The number of hydrogen-bond donors (Lipinski definition) is 2. The third kappa shape index (κ3) is 5.75. The van der Waals surface area contributed by atoms with Gasteiger partial charge in [-0.2, -0.15) is 0 Å². The Morgan fingerprint density at radius 3 is 2.43 bits per heavy atom. The fraction of sp³-hybridized carbons (Fsp3) is 0.333. The van der Waals surface area contributed by atoms with Gasteiger partial charge >= 0.3 is 0 Å². The van der Waals surface area contributed by atoms with Crippen molar-refractivity contribution >= 4 is 23.2 Å². The fourth-order valence-electron chi connectivity index (χ4n) is 4.15. The van der Waals surface area contributed by atoms with Crippen LogP contribution in [0.25, 0.3) is 21.9 Å². The quantitative estimate of drug-likeness (QED) is 0.337. The van der Waals surface area contributed by atoms with Crippen molar-refractivity contribution in [3.8, 4) is 21.9 Å². The van der Waals surface area contributed by atoms with Crippen LogP contribution in [0.15, 0.2) is 34.9 Å². The van der Waals surface area contributed by atoms with E-state index in [0.717, 1.165) is 11.3 Å². The van der Waals surface area contributed by atoms with Gasteiger partial charge in [-0.05, 0) is 55.9 Å². The van der Waals surface area contributed by atoms with Gasteiger partial charge in [0.25, 0.3) is 11.8 Å². The molecule has 0 aliphatic carbocycles. The first-order chi connectivity index (χ1) is 17.7. The smallest absolute Gasteiger partial charge is 0.261 e. The van der Waals surface area contributed by atoms with Crippen molar-refractivity contribution in [2.45, 2.75) is 47.0 Å². The molecule has 0 radical (unpaired) electrons. The second kappa shape index (κ2) is 11.0. The molecular formula is C27H30N6O3S. The van der Waals surface area contributed by atoms with Crippen molar-refractivity contribution in [1.82, 2.24) is 25.5 Å². The first kappa shape index (κ1) is 26.2. The number of primary amides is 1. The summed E-state index contributed by atoms with van der Waals surface area (Å²) in [5, 5.41) is 10.9. The molecule has 0 spiro atoms. The third-order valence-corrected chi connectivity index (χ3v) is 6.93. The van der Waals surface area contributed by atoms with E-state index in [1.54, 1.807) is 20.0 Å². The first-order valence-corrected chi connectivity index (χ1v) is 12.9. The highest BCUT2D eigenvalue weighted by molar-refractivity contribution is 7.17. The molecule has 192 valence electrons. The van der Waals surface area contributed by atoms with Crippen LogP contribution in [0.2, 0.25) is 0 Å². The van der Waals surface area contributed by atoms with E-state index in [2.05, 4.69) is 34.3 Å². The van der Waals surface area contributed by atoms with E-state index in [4.69, 9.17) is 15.1 Å². The summed E-state index contributed by atoms with van der Waals surface area (Å²) in [5.41, 5.74) is 10.7. The molecule has 0 aliphatic heterocycles. The van der Waals surface area contributed by atoms with Crippen LogP contribution < -0.4 is 11.1 Å². The SMILES string of the molecule is CNC(=O)c1ccc(-c2c(C(N)=O)c(CC(C)C)nc(CCc3ccc(C)cn3)c2-c2nnc(C)o2)s1. The molecule has 3 N–H and O–H groups in total. The molecule has 9 nitrogen and oxygen atoms in total. The Kier molecular flexibility index (Phi) is 7.77. The molecule has 0 fully saturated rings. The molecule has 4 aromatic heterocycles. The lowest BCUT2D eigenvalue weighted by Gasteiger charge is -2.19. The minimum atomic E-state index is -0.600. The maximum Gasteiger partial charge on any atom is 0.261 e. The second-order valence-corrected chi connectivity index (χ2v) is 10.4. The summed E-state index contributed by atoms with van der Waals surface area (Å²) in [5.74, 6) is 0.0503. The Bertz CT molecular complexity index is 1440. The predicted molar refractivity (Wildman–Crippen MR) is 142 cm³/mol. The number of nitrogens with one attached hydrogen (secondary N) is 1. The highest BCUT2D eigenvalue weighted by Crippen LogP contribution is 2.41. The number of carbonyl (C=O) groups excluding carboxylic acids is 2. The van der Waals surface area contributed by atoms with E-state index in [1.165, 1.54) is 11.3 Å². The van der Waals surface area contributed by atoms with Gasteiger partial charge < -0.3 is 15.5 Å². The lowest BCUT2D eigenvalue weighted by atomic mass is 9.91. The van der Waals surface area contributed by atoms with Crippen LogP contribution in [-0.4, -0.2) is 39.0 Å². The molecule has 0 atom stereocenters. The molecular weight excluding hydrogens is 488 g/mol. The van der Waals surface area contributed by atoms with Crippen molar-refractivity contribution in [1.29, 1.82) is 0 Å². The summed E-state index contributed by atoms with van der Waals surface area (Å²) in [7, 11) is 1.58. The Balaban J connectivity index is 1.99. The van der Waals surface area contributed by atoms with E-state index in [1.807, 2.05) is 31.3 Å². The van der Waals surface area contributed by atoms with E-state index in [0.29, 0.717) is 63.0 Å². The van der Waals surface area contributed by atoms with Gasteiger partial charge in [-0.15, -0.1) is 21.5 Å². The number of hydrogen-bond acceptors (Lipinski definition) is 8. The number of aryl methyl sites for hydroxylation is 4. The summed E-state index contributed by atoms with van der Waals surface area (Å²) >= 11 is 1.27. The van der Waals surface area contributed by atoms with Gasteiger partial charge in [-0.25, -0.2) is 0 Å². The summed E-state index contributed by atoms with van der Waals surface area (Å²) in [6.45, 7) is 7.82. The van der Waals surface area contributed by atoms with Gasteiger partial charge in [0.2, 0.25) is 11.8 Å². The molecule has 0 unspecified atom stereocenters. The molecule has 0 aromatic carbocycles. The van der Waals surface area contributed by atoms with Gasteiger partial charge in [0.05, 0.1) is 27.4 Å². The number of thiophene rings is 1. The van der Waals surface area contributed by atoms with Crippen molar-refractivity contribution in [3.05, 3.63) is 69.4 Å². The number of pyridine rings is 2. The molecule has 4 rings (SSSR count). The van der Waals surface area contributed by atoms with Crippen molar-refractivity contribution < 1.29 is 14.0 Å². The average molecular weight is 519 g/mol.